The van der Waals surface area contributed by atoms with Gasteiger partial charge in [-0.15, -0.1) is 0 Å². The van der Waals surface area contributed by atoms with Crippen molar-refractivity contribution in [2.75, 3.05) is 23.3 Å². The summed E-state index contributed by atoms with van der Waals surface area (Å²) in [5.41, 5.74) is 1.02. The molecule has 1 fully saturated rings. The Balaban J connectivity index is 1.71. The summed E-state index contributed by atoms with van der Waals surface area (Å²) in [6, 6.07) is 8.48. The molecule has 0 unspecified atom stereocenters. The van der Waals surface area contributed by atoms with Gasteiger partial charge in [-0.25, -0.2) is 14.4 Å². The van der Waals surface area contributed by atoms with Crippen LogP contribution in [0.1, 0.15) is 24.2 Å². The van der Waals surface area contributed by atoms with Crippen molar-refractivity contribution in [3.63, 3.8) is 0 Å². The van der Waals surface area contributed by atoms with Gasteiger partial charge in [0, 0.05) is 25.7 Å². The summed E-state index contributed by atoms with van der Waals surface area (Å²) in [6.45, 7) is 4.65. The summed E-state index contributed by atoms with van der Waals surface area (Å²) in [5.74, 6) is 2.35. The van der Waals surface area contributed by atoms with Gasteiger partial charge in [0.05, 0.1) is 0 Å². The lowest BCUT2D eigenvalue weighted by Crippen LogP contribution is -2.20. The van der Waals surface area contributed by atoms with Crippen molar-refractivity contribution < 1.29 is 4.39 Å². The molecular formula is C16H19FN4. The Morgan fingerprint density at radius 2 is 1.86 bits per heavy atom. The number of anilines is 2. The van der Waals surface area contributed by atoms with Crippen molar-refractivity contribution in [1.82, 2.24) is 9.97 Å². The monoisotopic (exact) mass is 286 g/mol. The molecule has 1 N–H and O–H groups in total. The summed E-state index contributed by atoms with van der Waals surface area (Å²) in [4.78, 5) is 11.2. The summed E-state index contributed by atoms with van der Waals surface area (Å²) >= 11 is 0. The van der Waals surface area contributed by atoms with E-state index in [4.69, 9.17) is 0 Å². The fraction of sp³-hybridized carbons (Fsp3) is 0.375. The van der Waals surface area contributed by atoms with Crippen LogP contribution in [0.2, 0.25) is 0 Å². The second-order valence-electron chi connectivity index (χ2n) is 5.33. The molecule has 2 aromatic rings. The van der Waals surface area contributed by atoms with Gasteiger partial charge < -0.3 is 10.2 Å². The van der Waals surface area contributed by atoms with Crippen LogP contribution < -0.4 is 10.2 Å². The highest BCUT2D eigenvalue weighted by Gasteiger charge is 2.14. The number of aromatic nitrogens is 2. The minimum Gasteiger partial charge on any atom is -0.366 e. The number of benzene rings is 1. The molecule has 3 rings (SSSR count). The van der Waals surface area contributed by atoms with Crippen molar-refractivity contribution in [3.05, 3.63) is 47.5 Å². The van der Waals surface area contributed by atoms with Gasteiger partial charge in [0.15, 0.2) is 0 Å². The molecule has 0 radical (unpaired) electrons. The zero-order valence-electron chi connectivity index (χ0n) is 12.1. The van der Waals surface area contributed by atoms with Gasteiger partial charge in [0.25, 0.3) is 0 Å². The molecule has 1 aromatic carbocycles. The Morgan fingerprint density at radius 1 is 1.14 bits per heavy atom. The zero-order chi connectivity index (χ0) is 14.7. The van der Waals surface area contributed by atoms with Crippen LogP contribution in [-0.2, 0) is 6.54 Å². The largest absolute Gasteiger partial charge is 0.366 e. The average Bonchev–Trinajstić information content (AvgIpc) is 3.00. The van der Waals surface area contributed by atoms with Gasteiger partial charge in [0.2, 0.25) is 0 Å². The number of hydrogen-bond acceptors (Lipinski definition) is 4. The summed E-state index contributed by atoms with van der Waals surface area (Å²) in [5, 5.41) is 3.28. The molecule has 21 heavy (non-hydrogen) atoms. The van der Waals surface area contributed by atoms with E-state index in [1.54, 1.807) is 12.1 Å². The number of aryl methyl sites for hydroxylation is 1. The van der Waals surface area contributed by atoms with Crippen molar-refractivity contribution in [2.24, 2.45) is 0 Å². The van der Waals surface area contributed by atoms with Gasteiger partial charge in [-0.3, -0.25) is 0 Å². The van der Waals surface area contributed by atoms with E-state index in [9.17, 15) is 4.39 Å². The molecule has 1 aliphatic rings. The first-order valence-electron chi connectivity index (χ1n) is 7.30. The minimum absolute atomic E-state index is 0.215. The summed E-state index contributed by atoms with van der Waals surface area (Å²) in [7, 11) is 0. The van der Waals surface area contributed by atoms with Crippen LogP contribution in [0.5, 0.6) is 0 Å². The molecule has 1 aliphatic heterocycles. The van der Waals surface area contributed by atoms with E-state index in [0.29, 0.717) is 6.54 Å². The molecule has 110 valence electrons. The highest BCUT2D eigenvalue weighted by atomic mass is 19.1. The second-order valence-corrected chi connectivity index (χ2v) is 5.33. The van der Waals surface area contributed by atoms with Gasteiger partial charge in [-0.1, -0.05) is 12.1 Å². The van der Waals surface area contributed by atoms with Crippen molar-refractivity contribution >= 4 is 11.6 Å². The molecule has 0 amide bonds. The molecule has 4 nitrogen and oxygen atoms in total. The zero-order valence-corrected chi connectivity index (χ0v) is 12.1. The smallest absolute Gasteiger partial charge is 0.134 e. The number of hydrogen-bond donors (Lipinski definition) is 1. The summed E-state index contributed by atoms with van der Waals surface area (Å²) < 4.78 is 12.9. The average molecular weight is 286 g/mol. The predicted molar refractivity (Wildman–Crippen MR) is 81.9 cm³/mol. The third kappa shape index (κ3) is 3.48. The van der Waals surface area contributed by atoms with Gasteiger partial charge in [0.1, 0.15) is 23.3 Å². The maximum atomic E-state index is 12.9. The number of rotatable bonds is 4. The highest BCUT2D eigenvalue weighted by Crippen LogP contribution is 2.20. The number of nitrogens with zero attached hydrogens (tertiary/aromatic N) is 3. The molecule has 0 saturated carbocycles. The van der Waals surface area contributed by atoms with Crippen LogP contribution in [0.3, 0.4) is 0 Å². The van der Waals surface area contributed by atoms with E-state index < -0.39 is 0 Å². The normalized spacial score (nSPS) is 14.5. The third-order valence-electron chi connectivity index (χ3n) is 3.64. The standard InChI is InChI=1S/C16H19FN4/c1-12-19-15(10-16(20-12)21-8-2-3-9-21)18-11-13-4-6-14(17)7-5-13/h4-7,10H,2-3,8-9,11H2,1H3,(H,18,19,20). The molecule has 0 aliphatic carbocycles. The van der Waals surface area contributed by atoms with Crippen molar-refractivity contribution in [3.8, 4) is 0 Å². The van der Waals surface area contributed by atoms with Crippen LogP contribution in [-0.4, -0.2) is 23.1 Å². The molecule has 5 heteroatoms. The summed E-state index contributed by atoms with van der Waals surface area (Å²) in [6.07, 6.45) is 2.45. The first-order valence-corrected chi connectivity index (χ1v) is 7.30. The molecule has 1 aromatic heterocycles. The second kappa shape index (κ2) is 6.08. The van der Waals surface area contributed by atoms with E-state index in [0.717, 1.165) is 36.1 Å². The Hall–Kier alpha value is -2.17. The Kier molecular flexibility index (Phi) is 3.99. The first-order chi connectivity index (χ1) is 10.2. The van der Waals surface area contributed by atoms with Crippen molar-refractivity contribution in [1.29, 1.82) is 0 Å². The molecule has 1 saturated heterocycles. The van der Waals surface area contributed by atoms with Gasteiger partial charge >= 0.3 is 0 Å². The van der Waals surface area contributed by atoms with Crippen LogP contribution >= 0.6 is 0 Å². The lowest BCUT2D eigenvalue weighted by atomic mass is 10.2. The lowest BCUT2D eigenvalue weighted by Gasteiger charge is -2.17. The predicted octanol–water partition coefficient (Wildman–Crippen LogP) is 3.14. The SMILES string of the molecule is Cc1nc(NCc2ccc(F)cc2)cc(N2CCCC2)n1. The van der Waals surface area contributed by atoms with E-state index >= 15 is 0 Å². The first kappa shape index (κ1) is 13.8. The molecule has 0 spiro atoms. The molecule has 0 bridgehead atoms. The Bertz CT molecular complexity index is 606. The van der Waals surface area contributed by atoms with Crippen LogP contribution in [0, 0.1) is 12.7 Å². The number of nitrogens with one attached hydrogen (secondary N) is 1. The van der Waals surface area contributed by atoms with E-state index in [2.05, 4.69) is 20.2 Å². The minimum atomic E-state index is -0.215. The molecule has 0 atom stereocenters. The Morgan fingerprint density at radius 3 is 2.57 bits per heavy atom. The van der Waals surface area contributed by atoms with Gasteiger partial charge in [-0.2, -0.15) is 0 Å². The third-order valence-corrected chi connectivity index (χ3v) is 3.64. The van der Waals surface area contributed by atoms with Gasteiger partial charge in [-0.05, 0) is 37.5 Å². The van der Waals surface area contributed by atoms with Crippen molar-refractivity contribution in [2.45, 2.75) is 26.3 Å². The van der Waals surface area contributed by atoms with Crippen LogP contribution in [0.25, 0.3) is 0 Å². The topological polar surface area (TPSA) is 41.1 Å². The Labute approximate surface area is 124 Å². The molecule has 2 heterocycles. The fourth-order valence-corrected chi connectivity index (χ4v) is 2.55. The van der Waals surface area contributed by atoms with Crippen LogP contribution in [0.4, 0.5) is 16.0 Å². The van der Waals surface area contributed by atoms with E-state index in [1.807, 2.05) is 13.0 Å². The maximum Gasteiger partial charge on any atom is 0.134 e. The highest BCUT2D eigenvalue weighted by molar-refractivity contribution is 5.50. The quantitative estimate of drug-likeness (QED) is 0.937. The lowest BCUT2D eigenvalue weighted by molar-refractivity contribution is 0.627. The molecular weight excluding hydrogens is 267 g/mol. The van der Waals surface area contributed by atoms with E-state index in [1.165, 1.54) is 25.0 Å². The van der Waals surface area contributed by atoms with Crippen LogP contribution in [0.15, 0.2) is 30.3 Å². The van der Waals surface area contributed by atoms with E-state index in [-0.39, 0.29) is 5.82 Å². The maximum absolute atomic E-state index is 12.9. The number of halogens is 1. The fourth-order valence-electron chi connectivity index (χ4n) is 2.55.